The fraction of sp³-hybridized carbons (Fsp3) is 0.615. The normalized spacial score (nSPS) is 10.6. The third kappa shape index (κ3) is 4.12. The first-order valence-corrected chi connectivity index (χ1v) is 6.92. The molecule has 0 unspecified atom stereocenters. The molecule has 0 saturated heterocycles. The van der Waals surface area contributed by atoms with Crippen molar-refractivity contribution in [1.82, 2.24) is 9.55 Å². The molecule has 1 aromatic heterocycles. The predicted octanol–water partition coefficient (Wildman–Crippen LogP) is 4.65. The van der Waals surface area contributed by atoms with E-state index in [2.05, 4.69) is 39.0 Å². The number of rotatable bonds is 8. The van der Waals surface area contributed by atoms with E-state index in [9.17, 15) is 0 Å². The first kappa shape index (κ1) is 13.5. The van der Waals surface area contributed by atoms with E-state index in [1.54, 1.807) is 0 Å². The zero-order chi connectivity index (χ0) is 11.8. The molecule has 2 nitrogen and oxygen atoms in total. The molecule has 1 aromatic rings. The number of hydrogen-bond donors (Lipinski definition) is 0. The Bertz CT molecular complexity index is 318. The van der Waals surface area contributed by atoms with Crippen LogP contribution in [0.4, 0.5) is 0 Å². The highest BCUT2D eigenvalue weighted by Gasteiger charge is 2.03. The van der Waals surface area contributed by atoms with Crippen LogP contribution < -0.4 is 0 Å². The van der Waals surface area contributed by atoms with Crippen LogP contribution in [0.5, 0.6) is 0 Å². The largest absolute Gasteiger partial charge is 0.319 e. The zero-order valence-corrected chi connectivity index (χ0v) is 11.7. The van der Waals surface area contributed by atoms with Crippen molar-refractivity contribution in [3.05, 3.63) is 23.2 Å². The first-order valence-electron chi connectivity index (χ1n) is 6.13. The molecule has 0 bridgehead atoms. The maximum absolute atomic E-state index is 4.26. The molecule has 1 heterocycles. The second-order valence-electron chi connectivity index (χ2n) is 4.06. The van der Waals surface area contributed by atoms with E-state index in [0.29, 0.717) is 0 Å². The van der Waals surface area contributed by atoms with E-state index in [-0.39, 0.29) is 0 Å². The molecule has 16 heavy (non-hydrogen) atoms. The van der Waals surface area contributed by atoms with Crippen LogP contribution in [0.15, 0.2) is 17.4 Å². The Hall–Kier alpha value is -0.570. The van der Waals surface area contributed by atoms with E-state index in [0.717, 1.165) is 17.0 Å². The summed E-state index contributed by atoms with van der Waals surface area (Å²) in [5, 5.41) is 0. The maximum Gasteiger partial charge on any atom is 0.132 e. The second-order valence-corrected chi connectivity index (χ2v) is 4.88. The molecular formula is C13H21BrN2. The fourth-order valence-electron chi connectivity index (χ4n) is 1.80. The van der Waals surface area contributed by atoms with E-state index < -0.39 is 0 Å². The summed E-state index contributed by atoms with van der Waals surface area (Å²) in [6.07, 6.45) is 11.6. The Balaban J connectivity index is 2.26. The van der Waals surface area contributed by atoms with E-state index >= 15 is 0 Å². The minimum atomic E-state index is 0.959. The summed E-state index contributed by atoms with van der Waals surface area (Å²) in [5.74, 6) is 0.959. The number of unbranched alkanes of at least 4 members (excludes halogenated alkanes) is 5. The van der Waals surface area contributed by atoms with Crippen molar-refractivity contribution in [2.24, 2.45) is 0 Å². The van der Waals surface area contributed by atoms with Gasteiger partial charge >= 0.3 is 0 Å². The summed E-state index contributed by atoms with van der Waals surface area (Å²) < 4.78 is 3.23. The molecule has 0 spiro atoms. The van der Waals surface area contributed by atoms with Gasteiger partial charge in [0, 0.05) is 6.54 Å². The minimum absolute atomic E-state index is 0.959. The second kappa shape index (κ2) is 7.66. The van der Waals surface area contributed by atoms with Gasteiger partial charge in [-0.05, 0) is 28.4 Å². The first-order chi connectivity index (χ1) is 7.79. The van der Waals surface area contributed by atoms with Crippen LogP contribution in [0.3, 0.4) is 0 Å². The van der Waals surface area contributed by atoms with Gasteiger partial charge in [-0.15, -0.1) is 0 Å². The highest BCUT2D eigenvalue weighted by molar-refractivity contribution is 9.10. The molecule has 0 aromatic carbocycles. The molecular weight excluding hydrogens is 264 g/mol. The van der Waals surface area contributed by atoms with E-state index in [4.69, 9.17) is 0 Å². The summed E-state index contributed by atoms with van der Waals surface area (Å²) in [7, 11) is 0. The standard InChI is InChI=1S/C13H21BrN2/c1-3-5-6-7-8-9-10-16-12(14)11-15-13(16)4-2/h4,11H,2-3,5-10H2,1H3. The molecule has 0 aliphatic heterocycles. The summed E-state index contributed by atoms with van der Waals surface area (Å²) in [6.45, 7) is 7.05. The molecule has 3 heteroatoms. The van der Waals surface area contributed by atoms with Crippen LogP contribution in [0.25, 0.3) is 6.08 Å². The van der Waals surface area contributed by atoms with Gasteiger partial charge in [0.05, 0.1) is 6.20 Å². The number of halogens is 1. The molecule has 0 saturated carbocycles. The zero-order valence-electron chi connectivity index (χ0n) is 10.1. The van der Waals surface area contributed by atoms with E-state index in [1.165, 1.54) is 38.5 Å². The van der Waals surface area contributed by atoms with Crippen molar-refractivity contribution in [2.75, 3.05) is 0 Å². The minimum Gasteiger partial charge on any atom is -0.319 e. The topological polar surface area (TPSA) is 17.8 Å². The lowest BCUT2D eigenvalue weighted by atomic mass is 10.1. The van der Waals surface area contributed by atoms with Crippen LogP contribution >= 0.6 is 15.9 Å². The lowest BCUT2D eigenvalue weighted by Crippen LogP contribution is -2.01. The maximum atomic E-state index is 4.26. The number of imidazole rings is 1. The lowest BCUT2D eigenvalue weighted by Gasteiger charge is -2.06. The summed E-state index contributed by atoms with van der Waals surface area (Å²) >= 11 is 3.50. The van der Waals surface area contributed by atoms with Crippen LogP contribution in [0.2, 0.25) is 0 Å². The van der Waals surface area contributed by atoms with Gasteiger partial charge in [0.2, 0.25) is 0 Å². The van der Waals surface area contributed by atoms with Crippen molar-refractivity contribution in [2.45, 2.75) is 52.0 Å². The Kier molecular flexibility index (Phi) is 6.46. The Morgan fingerprint density at radius 1 is 1.31 bits per heavy atom. The van der Waals surface area contributed by atoms with Crippen molar-refractivity contribution >= 4 is 22.0 Å². The predicted molar refractivity (Wildman–Crippen MR) is 73.4 cm³/mol. The molecule has 0 aliphatic carbocycles. The third-order valence-electron chi connectivity index (χ3n) is 2.76. The van der Waals surface area contributed by atoms with Gasteiger partial charge < -0.3 is 4.57 Å². The summed E-state index contributed by atoms with van der Waals surface area (Å²) in [6, 6.07) is 0. The number of aromatic nitrogens is 2. The SMILES string of the molecule is C=Cc1ncc(Br)n1CCCCCCCC. The van der Waals surface area contributed by atoms with Crippen molar-refractivity contribution in [1.29, 1.82) is 0 Å². The van der Waals surface area contributed by atoms with Crippen LogP contribution in [0.1, 0.15) is 51.3 Å². The van der Waals surface area contributed by atoms with E-state index in [1.807, 2.05) is 12.3 Å². The van der Waals surface area contributed by atoms with Crippen LogP contribution in [-0.4, -0.2) is 9.55 Å². The molecule has 0 fully saturated rings. The molecule has 0 amide bonds. The third-order valence-corrected chi connectivity index (χ3v) is 3.39. The van der Waals surface area contributed by atoms with Crippen LogP contribution in [0, 0.1) is 0 Å². The van der Waals surface area contributed by atoms with Gasteiger partial charge in [0.15, 0.2) is 0 Å². The Morgan fingerprint density at radius 3 is 2.69 bits per heavy atom. The molecule has 0 radical (unpaired) electrons. The number of nitrogens with zero attached hydrogens (tertiary/aromatic N) is 2. The fourth-order valence-corrected chi connectivity index (χ4v) is 2.26. The van der Waals surface area contributed by atoms with Crippen LogP contribution in [-0.2, 0) is 6.54 Å². The van der Waals surface area contributed by atoms with Gasteiger partial charge in [-0.1, -0.05) is 45.6 Å². The average molecular weight is 285 g/mol. The summed E-state index contributed by atoms with van der Waals surface area (Å²) in [5.41, 5.74) is 0. The van der Waals surface area contributed by atoms with Gasteiger partial charge in [-0.25, -0.2) is 4.98 Å². The lowest BCUT2D eigenvalue weighted by molar-refractivity contribution is 0.552. The smallest absolute Gasteiger partial charge is 0.132 e. The van der Waals surface area contributed by atoms with Gasteiger partial charge in [-0.2, -0.15) is 0 Å². The summed E-state index contributed by atoms with van der Waals surface area (Å²) in [4.78, 5) is 4.26. The van der Waals surface area contributed by atoms with Gasteiger partial charge in [-0.3, -0.25) is 0 Å². The van der Waals surface area contributed by atoms with Gasteiger partial charge in [0.25, 0.3) is 0 Å². The Labute approximate surface area is 107 Å². The highest BCUT2D eigenvalue weighted by Crippen LogP contribution is 2.15. The molecule has 0 N–H and O–H groups in total. The van der Waals surface area contributed by atoms with Gasteiger partial charge in [0.1, 0.15) is 10.4 Å². The molecule has 0 aliphatic rings. The average Bonchev–Trinajstić information content (AvgIpc) is 2.65. The van der Waals surface area contributed by atoms with Crippen molar-refractivity contribution < 1.29 is 0 Å². The van der Waals surface area contributed by atoms with Crippen molar-refractivity contribution in [3.8, 4) is 0 Å². The molecule has 0 atom stereocenters. The Morgan fingerprint density at radius 2 is 2.00 bits per heavy atom. The molecule has 1 rings (SSSR count). The number of hydrogen-bond acceptors (Lipinski definition) is 1. The van der Waals surface area contributed by atoms with Crippen molar-refractivity contribution in [3.63, 3.8) is 0 Å². The highest BCUT2D eigenvalue weighted by atomic mass is 79.9. The monoisotopic (exact) mass is 284 g/mol. The molecule has 90 valence electrons. The quantitative estimate of drug-likeness (QED) is 0.636.